The lowest BCUT2D eigenvalue weighted by atomic mass is 10.0. The van der Waals surface area contributed by atoms with Crippen LogP contribution in [0.1, 0.15) is 22.7 Å². The summed E-state index contributed by atoms with van der Waals surface area (Å²) in [4.78, 5) is 4.13. The molecule has 90 valence electrons. The molecule has 0 radical (unpaired) electrons. The average molecular weight is 232 g/mol. The molecule has 0 amide bonds. The quantitative estimate of drug-likeness (QED) is 0.521. The lowest BCUT2D eigenvalue weighted by molar-refractivity contribution is 0.635. The Bertz CT molecular complexity index is 518. The van der Waals surface area contributed by atoms with Gasteiger partial charge in [-0.2, -0.15) is 5.10 Å². The van der Waals surface area contributed by atoms with Gasteiger partial charge in [0.05, 0.1) is 12.2 Å². The molecular weight excluding hydrogens is 216 g/mol. The molecular formula is C11H16N6. The van der Waals surface area contributed by atoms with Crippen molar-refractivity contribution >= 4 is 5.82 Å². The van der Waals surface area contributed by atoms with Gasteiger partial charge in [0.2, 0.25) is 0 Å². The predicted molar refractivity (Wildman–Crippen MR) is 65.8 cm³/mol. The van der Waals surface area contributed by atoms with Crippen molar-refractivity contribution in [3.05, 3.63) is 41.3 Å². The molecule has 5 N–H and O–H groups in total. The third kappa shape index (κ3) is 2.27. The molecule has 6 nitrogen and oxygen atoms in total. The Morgan fingerprint density at radius 1 is 1.41 bits per heavy atom. The van der Waals surface area contributed by atoms with E-state index in [0.717, 1.165) is 16.7 Å². The molecule has 0 spiro atoms. The van der Waals surface area contributed by atoms with Crippen LogP contribution in [-0.4, -0.2) is 14.8 Å². The van der Waals surface area contributed by atoms with Crippen LogP contribution in [0.25, 0.3) is 0 Å². The number of nitrogens with one attached hydrogen (secondary N) is 1. The summed E-state index contributed by atoms with van der Waals surface area (Å²) in [6, 6.07) is 1.77. The van der Waals surface area contributed by atoms with Crippen LogP contribution in [0.4, 0.5) is 5.82 Å². The molecule has 0 saturated heterocycles. The first-order valence-electron chi connectivity index (χ1n) is 5.28. The van der Waals surface area contributed by atoms with E-state index in [1.807, 2.05) is 26.2 Å². The lowest BCUT2D eigenvalue weighted by Gasteiger charge is -2.16. The number of nitrogen functional groups attached to an aromatic ring is 1. The summed E-state index contributed by atoms with van der Waals surface area (Å²) in [5, 5.41) is 4.12. The van der Waals surface area contributed by atoms with Gasteiger partial charge >= 0.3 is 0 Å². The van der Waals surface area contributed by atoms with E-state index in [1.54, 1.807) is 17.1 Å². The molecule has 2 aromatic rings. The number of rotatable bonds is 3. The van der Waals surface area contributed by atoms with E-state index < -0.39 is 0 Å². The van der Waals surface area contributed by atoms with Crippen LogP contribution in [0, 0.1) is 6.92 Å². The number of aryl methyl sites for hydroxylation is 2. The van der Waals surface area contributed by atoms with Gasteiger partial charge in [-0.25, -0.2) is 10.4 Å². The van der Waals surface area contributed by atoms with Crippen LogP contribution in [0.3, 0.4) is 0 Å². The van der Waals surface area contributed by atoms with Crippen LogP contribution in [0.2, 0.25) is 0 Å². The number of nitrogens with zero attached hydrogens (tertiary/aromatic N) is 3. The fraction of sp³-hybridized carbons (Fsp3) is 0.273. The van der Waals surface area contributed by atoms with Crippen molar-refractivity contribution in [3.63, 3.8) is 0 Å². The Labute approximate surface area is 99.6 Å². The number of pyridine rings is 1. The molecule has 2 aromatic heterocycles. The van der Waals surface area contributed by atoms with Crippen LogP contribution in [0.15, 0.2) is 24.7 Å². The smallest absolute Gasteiger partial charge is 0.128 e. The van der Waals surface area contributed by atoms with Crippen molar-refractivity contribution < 1.29 is 0 Å². The Hall–Kier alpha value is -1.92. The topological polar surface area (TPSA) is 94.8 Å². The number of hydrogen-bond donors (Lipinski definition) is 3. The highest BCUT2D eigenvalue weighted by molar-refractivity contribution is 5.46. The first-order valence-corrected chi connectivity index (χ1v) is 5.28. The minimum absolute atomic E-state index is 0.198. The summed E-state index contributed by atoms with van der Waals surface area (Å²) in [6.07, 6.45) is 5.38. The van der Waals surface area contributed by atoms with Crippen molar-refractivity contribution in [1.82, 2.24) is 20.2 Å². The largest absolute Gasteiger partial charge is 0.383 e. The Morgan fingerprint density at radius 2 is 2.18 bits per heavy atom. The summed E-state index contributed by atoms with van der Waals surface area (Å²) < 4.78 is 1.72. The Morgan fingerprint density at radius 3 is 2.76 bits per heavy atom. The van der Waals surface area contributed by atoms with Crippen LogP contribution in [-0.2, 0) is 7.05 Å². The van der Waals surface area contributed by atoms with E-state index in [0.29, 0.717) is 5.82 Å². The zero-order chi connectivity index (χ0) is 12.4. The predicted octanol–water partition coefficient (Wildman–Crippen LogP) is 0.258. The number of hydrazine groups is 1. The molecule has 0 bridgehead atoms. The fourth-order valence-corrected chi connectivity index (χ4v) is 1.79. The second-order valence-electron chi connectivity index (χ2n) is 4.03. The van der Waals surface area contributed by atoms with E-state index in [9.17, 15) is 0 Å². The highest BCUT2D eigenvalue weighted by atomic mass is 15.3. The van der Waals surface area contributed by atoms with Gasteiger partial charge in [-0.1, -0.05) is 0 Å². The molecule has 1 atom stereocenters. The molecule has 1 unspecified atom stereocenters. The lowest BCUT2D eigenvalue weighted by Crippen LogP contribution is -2.29. The Kier molecular flexibility index (Phi) is 3.08. The zero-order valence-corrected chi connectivity index (χ0v) is 9.88. The minimum atomic E-state index is -0.198. The molecule has 17 heavy (non-hydrogen) atoms. The van der Waals surface area contributed by atoms with E-state index >= 15 is 0 Å². The van der Waals surface area contributed by atoms with Gasteiger partial charge in [0.15, 0.2) is 0 Å². The number of nitrogens with two attached hydrogens (primary N) is 2. The number of anilines is 1. The first-order chi connectivity index (χ1) is 8.11. The maximum Gasteiger partial charge on any atom is 0.128 e. The van der Waals surface area contributed by atoms with Gasteiger partial charge in [-0.05, 0) is 18.6 Å². The van der Waals surface area contributed by atoms with Gasteiger partial charge < -0.3 is 5.73 Å². The van der Waals surface area contributed by atoms with Crippen molar-refractivity contribution in [1.29, 1.82) is 0 Å². The minimum Gasteiger partial charge on any atom is -0.383 e. The molecule has 0 aromatic carbocycles. The summed E-state index contributed by atoms with van der Waals surface area (Å²) in [6.45, 7) is 1.97. The van der Waals surface area contributed by atoms with Crippen molar-refractivity contribution in [2.24, 2.45) is 12.9 Å². The monoisotopic (exact) mass is 232 g/mol. The van der Waals surface area contributed by atoms with Crippen LogP contribution < -0.4 is 17.0 Å². The molecule has 0 aliphatic carbocycles. The van der Waals surface area contributed by atoms with E-state index in [-0.39, 0.29) is 6.04 Å². The van der Waals surface area contributed by atoms with E-state index in [4.69, 9.17) is 11.6 Å². The van der Waals surface area contributed by atoms with Crippen LogP contribution in [0.5, 0.6) is 0 Å². The maximum atomic E-state index is 5.88. The highest BCUT2D eigenvalue weighted by Crippen LogP contribution is 2.25. The second-order valence-corrected chi connectivity index (χ2v) is 4.03. The first kappa shape index (κ1) is 11.6. The van der Waals surface area contributed by atoms with Crippen LogP contribution >= 0.6 is 0 Å². The molecule has 0 aliphatic rings. The highest BCUT2D eigenvalue weighted by Gasteiger charge is 2.17. The SMILES string of the molecule is Cc1cnc(N)c(C(NN)c2cnn(C)c2)c1. The summed E-state index contributed by atoms with van der Waals surface area (Å²) in [7, 11) is 1.86. The van der Waals surface area contributed by atoms with Gasteiger partial charge in [0.25, 0.3) is 0 Å². The summed E-state index contributed by atoms with van der Waals surface area (Å²) in [5.74, 6) is 6.07. The normalized spacial score (nSPS) is 12.6. The van der Waals surface area contributed by atoms with Gasteiger partial charge in [0.1, 0.15) is 5.82 Å². The molecule has 0 aliphatic heterocycles. The fourth-order valence-electron chi connectivity index (χ4n) is 1.79. The summed E-state index contributed by atoms with van der Waals surface area (Å²) >= 11 is 0. The average Bonchev–Trinajstić information content (AvgIpc) is 2.71. The molecule has 2 heterocycles. The van der Waals surface area contributed by atoms with Gasteiger partial charge in [-0.15, -0.1) is 0 Å². The zero-order valence-electron chi connectivity index (χ0n) is 9.88. The van der Waals surface area contributed by atoms with Gasteiger partial charge in [-0.3, -0.25) is 10.5 Å². The van der Waals surface area contributed by atoms with Crippen molar-refractivity contribution in [3.8, 4) is 0 Å². The maximum absolute atomic E-state index is 5.88. The molecule has 2 rings (SSSR count). The number of aromatic nitrogens is 3. The molecule has 6 heteroatoms. The Balaban J connectivity index is 2.45. The second kappa shape index (κ2) is 4.52. The summed E-state index contributed by atoms with van der Waals surface area (Å²) in [5.41, 5.74) is 11.5. The van der Waals surface area contributed by atoms with E-state index in [2.05, 4.69) is 15.5 Å². The van der Waals surface area contributed by atoms with Gasteiger partial charge in [0, 0.05) is 30.6 Å². The molecule has 0 saturated carbocycles. The standard InChI is InChI=1S/C11H16N6/c1-7-3-9(11(12)14-4-7)10(16-13)8-5-15-17(2)6-8/h3-6,10,16H,13H2,1-2H3,(H2,12,14). The number of hydrogen-bond acceptors (Lipinski definition) is 5. The van der Waals surface area contributed by atoms with E-state index in [1.165, 1.54) is 0 Å². The molecule has 0 fully saturated rings. The van der Waals surface area contributed by atoms with Crippen molar-refractivity contribution in [2.75, 3.05) is 5.73 Å². The third-order valence-corrected chi connectivity index (χ3v) is 2.62. The van der Waals surface area contributed by atoms with Crippen molar-refractivity contribution in [2.45, 2.75) is 13.0 Å². The third-order valence-electron chi connectivity index (χ3n) is 2.62.